The Hall–Kier alpha value is -3.35. The number of aryl methyl sites for hydroxylation is 1. The van der Waals surface area contributed by atoms with Gasteiger partial charge in [0.05, 0.1) is 7.11 Å². The topological polar surface area (TPSA) is 87.7 Å². The Kier molecular flexibility index (Phi) is 8.90. The molecule has 2 atom stereocenters. The maximum absolute atomic E-state index is 13.3. The molecule has 188 valence electrons. The first-order chi connectivity index (χ1) is 16.7. The summed E-state index contributed by atoms with van der Waals surface area (Å²) < 4.78 is 5.17. The van der Waals surface area contributed by atoms with Crippen LogP contribution in [-0.4, -0.2) is 54.9 Å². The number of nitrogens with one attached hydrogen (secondary N) is 2. The van der Waals surface area contributed by atoms with E-state index >= 15 is 0 Å². The van der Waals surface area contributed by atoms with Crippen LogP contribution in [0.25, 0.3) is 0 Å². The lowest BCUT2D eigenvalue weighted by Gasteiger charge is -2.36. The molecule has 1 aliphatic rings. The van der Waals surface area contributed by atoms with Gasteiger partial charge in [0.15, 0.2) is 0 Å². The van der Waals surface area contributed by atoms with Gasteiger partial charge in [0.1, 0.15) is 11.8 Å². The van der Waals surface area contributed by atoms with Crippen molar-refractivity contribution < 1.29 is 19.1 Å². The monoisotopic (exact) mass is 479 g/mol. The lowest BCUT2D eigenvalue weighted by atomic mass is 9.87. The van der Waals surface area contributed by atoms with Gasteiger partial charge in [0.2, 0.25) is 5.91 Å². The Balaban J connectivity index is 1.72. The minimum absolute atomic E-state index is 0.0123. The Morgan fingerprint density at radius 3 is 2.14 bits per heavy atom. The van der Waals surface area contributed by atoms with Gasteiger partial charge < -0.3 is 20.3 Å². The van der Waals surface area contributed by atoms with E-state index in [-0.39, 0.29) is 35.6 Å². The number of hydrogen-bond acceptors (Lipinski definition) is 4. The van der Waals surface area contributed by atoms with Gasteiger partial charge in [-0.05, 0) is 74.4 Å². The molecule has 1 aliphatic heterocycles. The quantitative estimate of drug-likeness (QED) is 0.603. The molecule has 3 rings (SSSR count). The second kappa shape index (κ2) is 11.9. The SMILES string of the molecule is COc1ccc(C(=O)N[C@H](C(=O)N[C@@H](C)C(C)C)C2CCN(C(=O)c3ccccc3C)CC2)cc1. The smallest absolute Gasteiger partial charge is 0.254 e. The fourth-order valence-corrected chi connectivity index (χ4v) is 4.26. The van der Waals surface area contributed by atoms with Crippen molar-refractivity contribution in [1.82, 2.24) is 15.5 Å². The highest BCUT2D eigenvalue weighted by Crippen LogP contribution is 2.24. The van der Waals surface area contributed by atoms with E-state index in [1.165, 1.54) is 0 Å². The number of amides is 3. The summed E-state index contributed by atoms with van der Waals surface area (Å²) in [5, 5.41) is 6.04. The standard InChI is InChI=1S/C28H37N3O4/c1-18(2)20(4)29-27(33)25(30-26(32)22-10-12-23(35-5)13-11-22)21-14-16-31(17-15-21)28(34)24-9-7-6-8-19(24)3/h6-13,18,20-21,25H,14-17H2,1-5H3,(H,29,33)(H,30,32)/t20-,25-/m0/s1. The first-order valence-corrected chi connectivity index (χ1v) is 12.3. The summed E-state index contributed by atoms with van der Waals surface area (Å²) in [7, 11) is 1.57. The molecule has 2 aromatic carbocycles. The Bertz CT molecular complexity index is 1030. The zero-order chi connectivity index (χ0) is 25.5. The number of ether oxygens (including phenoxy) is 1. The second-order valence-electron chi connectivity index (χ2n) is 9.67. The highest BCUT2D eigenvalue weighted by molar-refractivity contribution is 5.98. The zero-order valence-electron chi connectivity index (χ0n) is 21.3. The number of benzene rings is 2. The minimum atomic E-state index is -0.679. The molecule has 1 heterocycles. The van der Waals surface area contributed by atoms with Crippen LogP contribution in [-0.2, 0) is 4.79 Å². The average Bonchev–Trinajstić information content (AvgIpc) is 2.87. The minimum Gasteiger partial charge on any atom is -0.497 e. The van der Waals surface area contributed by atoms with Gasteiger partial charge in [-0.25, -0.2) is 0 Å². The van der Waals surface area contributed by atoms with E-state index in [1.807, 2.05) is 56.9 Å². The molecule has 2 aromatic rings. The van der Waals surface area contributed by atoms with Crippen LogP contribution in [0, 0.1) is 18.8 Å². The van der Waals surface area contributed by atoms with Gasteiger partial charge in [0, 0.05) is 30.3 Å². The third kappa shape index (κ3) is 6.62. The highest BCUT2D eigenvalue weighted by Gasteiger charge is 2.35. The maximum Gasteiger partial charge on any atom is 0.254 e. The van der Waals surface area contributed by atoms with Crippen LogP contribution in [0.5, 0.6) is 5.75 Å². The lowest BCUT2D eigenvalue weighted by molar-refractivity contribution is -0.125. The molecular weight excluding hydrogens is 442 g/mol. The predicted octanol–water partition coefficient (Wildman–Crippen LogP) is 3.82. The van der Waals surface area contributed by atoms with Gasteiger partial charge in [-0.2, -0.15) is 0 Å². The Labute approximate surface area is 208 Å². The summed E-state index contributed by atoms with van der Waals surface area (Å²) in [5.41, 5.74) is 2.12. The average molecular weight is 480 g/mol. The van der Waals surface area contributed by atoms with Crippen molar-refractivity contribution in [3.63, 3.8) is 0 Å². The molecule has 0 unspecified atom stereocenters. The molecule has 0 spiro atoms. The molecule has 0 aromatic heterocycles. The first kappa shape index (κ1) is 26.3. The van der Waals surface area contributed by atoms with E-state index in [0.717, 1.165) is 5.56 Å². The van der Waals surface area contributed by atoms with Crippen LogP contribution in [0.3, 0.4) is 0 Å². The third-order valence-electron chi connectivity index (χ3n) is 6.96. The molecule has 35 heavy (non-hydrogen) atoms. The van der Waals surface area contributed by atoms with Crippen molar-refractivity contribution >= 4 is 17.7 Å². The van der Waals surface area contributed by atoms with Crippen molar-refractivity contribution in [2.45, 2.75) is 52.6 Å². The van der Waals surface area contributed by atoms with Crippen molar-refractivity contribution in [3.05, 3.63) is 65.2 Å². The summed E-state index contributed by atoms with van der Waals surface area (Å²) in [6.07, 6.45) is 1.27. The second-order valence-corrected chi connectivity index (χ2v) is 9.67. The predicted molar refractivity (Wildman–Crippen MR) is 136 cm³/mol. The molecule has 0 aliphatic carbocycles. The van der Waals surface area contributed by atoms with Crippen molar-refractivity contribution in [3.8, 4) is 5.75 Å². The summed E-state index contributed by atoms with van der Waals surface area (Å²) in [5.74, 6) is 0.383. The van der Waals surface area contributed by atoms with Gasteiger partial charge >= 0.3 is 0 Å². The largest absolute Gasteiger partial charge is 0.497 e. The zero-order valence-corrected chi connectivity index (χ0v) is 21.3. The molecule has 1 fully saturated rings. The molecule has 0 bridgehead atoms. The summed E-state index contributed by atoms with van der Waals surface area (Å²) in [6, 6.07) is 13.7. The van der Waals surface area contributed by atoms with E-state index in [0.29, 0.717) is 42.8 Å². The number of piperidine rings is 1. The fraction of sp³-hybridized carbons (Fsp3) is 0.464. The van der Waals surface area contributed by atoms with Gasteiger partial charge in [-0.1, -0.05) is 32.0 Å². The molecular formula is C28H37N3O4. The number of methoxy groups -OCH3 is 1. The maximum atomic E-state index is 13.3. The fourth-order valence-electron chi connectivity index (χ4n) is 4.26. The highest BCUT2D eigenvalue weighted by atomic mass is 16.5. The van der Waals surface area contributed by atoms with Crippen LogP contribution < -0.4 is 15.4 Å². The number of rotatable bonds is 8. The first-order valence-electron chi connectivity index (χ1n) is 12.3. The molecule has 0 saturated carbocycles. The lowest BCUT2D eigenvalue weighted by Crippen LogP contribution is -2.55. The molecule has 1 saturated heterocycles. The summed E-state index contributed by atoms with van der Waals surface area (Å²) >= 11 is 0. The van der Waals surface area contributed by atoms with Crippen LogP contribution in [0.2, 0.25) is 0 Å². The normalized spacial score (nSPS) is 15.9. The van der Waals surface area contributed by atoms with Crippen molar-refractivity contribution in [2.75, 3.05) is 20.2 Å². The number of carbonyl (C=O) groups is 3. The number of hydrogen-bond donors (Lipinski definition) is 2. The third-order valence-corrected chi connectivity index (χ3v) is 6.96. The van der Waals surface area contributed by atoms with Gasteiger partial charge in [-0.3, -0.25) is 14.4 Å². The molecule has 7 nitrogen and oxygen atoms in total. The van der Waals surface area contributed by atoms with Crippen LogP contribution in [0.15, 0.2) is 48.5 Å². The van der Waals surface area contributed by atoms with Crippen LogP contribution in [0.1, 0.15) is 59.9 Å². The Morgan fingerprint density at radius 1 is 0.943 bits per heavy atom. The van der Waals surface area contributed by atoms with Gasteiger partial charge in [0.25, 0.3) is 11.8 Å². The van der Waals surface area contributed by atoms with E-state index in [2.05, 4.69) is 10.6 Å². The number of nitrogens with zero attached hydrogens (tertiary/aromatic N) is 1. The van der Waals surface area contributed by atoms with E-state index in [1.54, 1.807) is 31.4 Å². The number of carbonyl (C=O) groups excluding carboxylic acids is 3. The number of likely N-dealkylation sites (tertiary alicyclic amines) is 1. The molecule has 0 radical (unpaired) electrons. The van der Waals surface area contributed by atoms with Crippen molar-refractivity contribution in [1.29, 1.82) is 0 Å². The summed E-state index contributed by atoms with van der Waals surface area (Å²) in [6.45, 7) is 9.08. The van der Waals surface area contributed by atoms with E-state index in [4.69, 9.17) is 4.74 Å². The molecule has 7 heteroatoms. The van der Waals surface area contributed by atoms with E-state index < -0.39 is 6.04 Å². The van der Waals surface area contributed by atoms with E-state index in [9.17, 15) is 14.4 Å². The Morgan fingerprint density at radius 2 is 1.57 bits per heavy atom. The molecule has 2 N–H and O–H groups in total. The molecule has 3 amide bonds. The van der Waals surface area contributed by atoms with Crippen LogP contribution >= 0.6 is 0 Å². The van der Waals surface area contributed by atoms with Crippen molar-refractivity contribution in [2.24, 2.45) is 11.8 Å². The van der Waals surface area contributed by atoms with Crippen LogP contribution in [0.4, 0.5) is 0 Å². The summed E-state index contributed by atoms with van der Waals surface area (Å²) in [4.78, 5) is 41.2. The van der Waals surface area contributed by atoms with Gasteiger partial charge in [-0.15, -0.1) is 0 Å².